The van der Waals surface area contributed by atoms with Crippen LogP contribution >= 0.6 is 0 Å². The van der Waals surface area contributed by atoms with Crippen molar-refractivity contribution < 1.29 is 13.9 Å². The number of halogens is 1. The van der Waals surface area contributed by atoms with Crippen molar-refractivity contribution in [2.45, 2.75) is 50.7 Å². The fraction of sp³-hybridized carbons (Fsp3) is 0.562. The topological polar surface area (TPSA) is 50.4 Å². The van der Waals surface area contributed by atoms with Crippen molar-refractivity contribution in [3.63, 3.8) is 0 Å². The number of hydrogen-bond acceptors (Lipinski definition) is 3. The van der Waals surface area contributed by atoms with Gasteiger partial charge in [-0.25, -0.2) is 4.39 Å². The number of benzene rings is 1. The molecule has 1 saturated heterocycles. The van der Waals surface area contributed by atoms with Crippen LogP contribution in [0.3, 0.4) is 0 Å². The number of piperidine rings is 1. The van der Waals surface area contributed by atoms with E-state index in [9.17, 15) is 9.18 Å². The highest BCUT2D eigenvalue weighted by Crippen LogP contribution is 2.28. The van der Waals surface area contributed by atoms with Crippen LogP contribution in [0, 0.1) is 5.82 Å². The zero-order valence-corrected chi connectivity index (χ0v) is 12.0. The number of anilines is 1. The lowest BCUT2D eigenvalue weighted by Gasteiger charge is -2.26. The first-order valence-electron chi connectivity index (χ1n) is 7.73. The zero-order valence-electron chi connectivity index (χ0n) is 12.0. The first-order chi connectivity index (χ1) is 10.2. The Bertz CT molecular complexity index is 511. The molecular weight excluding hydrogens is 271 g/mol. The zero-order chi connectivity index (χ0) is 14.7. The highest BCUT2D eigenvalue weighted by molar-refractivity contribution is 5.94. The van der Waals surface area contributed by atoms with Gasteiger partial charge in [0.1, 0.15) is 0 Å². The minimum atomic E-state index is -0.420. The van der Waals surface area contributed by atoms with E-state index in [0.29, 0.717) is 5.69 Å². The SMILES string of the molecule is O=C(Nc1ccc(OC2CCC2)c(F)c1)C1CCCCN1. The minimum absolute atomic E-state index is 0.0956. The van der Waals surface area contributed by atoms with Crippen molar-refractivity contribution in [1.29, 1.82) is 0 Å². The van der Waals surface area contributed by atoms with Crippen LogP contribution in [0.1, 0.15) is 38.5 Å². The summed E-state index contributed by atoms with van der Waals surface area (Å²) >= 11 is 0. The first kappa shape index (κ1) is 14.3. The van der Waals surface area contributed by atoms with Gasteiger partial charge in [-0.3, -0.25) is 4.79 Å². The molecule has 1 aromatic carbocycles. The number of nitrogens with one attached hydrogen (secondary N) is 2. The lowest BCUT2D eigenvalue weighted by Crippen LogP contribution is -2.43. The van der Waals surface area contributed by atoms with Crippen LogP contribution < -0.4 is 15.4 Å². The predicted octanol–water partition coefficient (Wildman–Crippen LogP) is 2.84. The summed E-state index contributed by atoms with van der Waals surface area (Å²) in [6, 6.07) is 4.44. The summed E-state index contributed by atoms with van der Waals surface area (Å²) in [7, 11) is 0. The molecular formula is C16H21FN2O2. The van der Waals surface area contributed by atoms with Crippen molar-refractivity contribution in [3.05, 3.63) is 24.0 Å². The van der Waals surface area contributed by atoms with Crippen LogP contribution in [0.5, 0.6) is 5.75 Å². The maximum atomic E-state index is 14.0. The Morgan fingerprint density at radius 1 is 1.24 bits per heavy atom. The number of hydrogen-bond donors (Lipinski definition) is 2. The van der Waals surface area contributed by atoms with E-state index in [4.69, 9.17) is 4.74 Å². The van der Waals surface area contributed by atoms with Gasteiger partial charge in [-0.2, -0.15) is 0 Å². The number of rotatable bonds is 4. The van der Waals surface area contributed by atoms with Gasteiger partial charge in [-0.05, 0) is 50.8 Å². The lowest BCUT2D eigenvalue weighted by molar-refractivity contribution is -0.118. The maximum Gasteiger partial charge on any atom is 0.241 e. The molecule has 2 aliphatic rings. The molecule has 0 aromatic heterocycles. The summed E-state index contributed by atoms with van der Waals surface area (Å²) in [4.78, 5) is 12.1. The van der Waals surface area contributed by atoms with Gasteiger partial charge in [0.25, 0.3) is 0 Å². The van der Waals surface area contributed by atoms with Gasteiger partial charge in [-0.15, -0.1) is 0 Å². The number of carbonyl (C=O) groups is 1. The Morgan fingerprint density at radius 3 is 2.71 bits per heavy atom. The Kier molecular flexibility index (Phi) is 4.39. The van der Waals surface area contributed by atoms with E-state index in [1.54, 1.807) is 12.1 Å². The van der Waals surface area contributed by atoms with E-state index in [1.807, 2.05) is 0 Å². The Labute approximate surface area is 124 Å². The summed E-state index contributed by atoms with van der Waals surface area (Å²) in [6.07, 6.45) is 6.26. The fourth-order valence-electron chi connectivity index (χ4n) is 2.65. The molecule has 3 rings (SSSR count). The number of ether oxygens (including phenoxy) is 1. The van der Waals surface area contributed by atoms with Crippen LogP contribution in [0.4, 0.5) is 10.1 Å². The van der Waals surface area contributed by atoms with E-state index in [-0.39, 0.29) is 23.8 Å². The predicted molar refractivity (Wildman–Crippen MR) is 78.9 cm³/mol. The molecule has 1 saturated carbocycles. The van der Waals surface area contributed by atoms with E-state index in [0.717, 1.165) is 45.1 Å². The molecule has 1 amide bonds. The molecule has 1 unspecified atom stereocenters. The van der Waals surface area contributed by atoms with Gasteiger partial charge in [0.15, 0.2) is 11.6 Å². The molecule has 0 bridgehead atoms. The summed E-state index contributed by atoms with van der Waals surface area (Å²) < 4.78 is 19.5. The van der Waals surface area contributed by atoms with Gasteiger partial charge >= 0.3 is 0 Å². The highest BCUT2D eigenvalue weighted by Gasteiger charge is 2.22. The Hall–Kier alpha value is -1.62. The quantitative estimate of drug-likeness (QED) is 0.897. The largest absolute Gasteiger partial charge is 0.487 e. The lowest BCUT2D eigenvalue weighted by atomic mass is 9.96. The molecule has 0 spiro atoms. The van der Waals surface area contributed by atoms with Gasteiger partial charge in [0.2, 0.25) is 5.91 Å². The van der Waals surface area contributed by atoms with Crippen molar-refractivity contribution in [3.8, 4) is 5.75 Å². The van der Waals surface area contributed by atoms with E-state index in [1.165, 1.54) is 6.07 Å². The van der Waals surface area contributed by atoms with Gasteiger partial charge < -0.3 is 15.4 Å². The van der Waals surface area contributed by atoms with Crippen LogP contribution in [0.15, 0.2) is 18.2 Å². The molecule has 4 nitrogen and oxygen atoms in total. The van der Waals surface area contributed by atoms with Crippen molar-refractivity contribution in [2.75, 3.05) is 11.9 Å². The molecule has 2 N–H and O–H groups in total. The highest BCUT2D eigenvalue weighted by atomic mass is 19.1. The molecule has 1 atom stereocenters. The van der Waals surface area contributed by atoms with Crippen LogP contribution in [-0.4, -0.2) is 24.6 Å². The van der Waals surface area contributed by atoms with Crippen LogP contribution in [0.25, 0.3) is 0 Å². The summed E-state index contributed by atoms with van der Waals surface area (Å²) in [5, 5.41) is 5.94. The molecule has 1 heterocycles. The molecule has 1 aliphatic carbocycles. The Morgan fingerprint density at radius 2 is 2.10 bits per heavy atom. The second-order valence-electron chi connectivity index (χ2n) is 5.81. The third-order valence-corrected chi connectivity index (χ3v) is 4.17. The average molecular weight is 292 g/mol. The van der Waals surface area contributed by atoms with E-state index in [2.05, 4.69) is 10.6 Å². The third kappa shape index (κ3) is 3.53. The molecule has 21 heavy (non-hydrogen) atoms. The monoisotopic (exact) mass is 292 g/mol. The summed E-state index contributed by atoms with van der Waals surface area (Å²) in [5.74, 6) is -0.244. The smallest absolute Gasteiger partial charge is 0.241 e. The van der Waals surface area contributed by atoms with E-state index < -0.39 is 5.82 Å². The third-order valence-electron chi connectivity index (χ3n) is 4.17. The fourth-order valence-corrected chi connectivity index (χ4v) is 2.65. The molecule has 2 fully saturated rings. The normalized spacial score (nSPS) is 22.4. The van der Waals surface area contributed by atoms with Gasteiger partial charge in [0, 0.05) is 11.8 Å². The average Bonchev–Trinajstić information content (AvgIpc) is 2.45. The molecule has 5 heteroatoms. The molecule has 1 aliphatic heterocycles. The van der Waals surface area contributed by atoms with Crippen LogP contribution in [0.2, 0.25) is 0 Å². The molecule has 0 radical (unpaired) electrons. The van der Waals surface area contributed by atoms with Gasteiger partial charge in [-0.1, -0.05) is 6.42 Å². The first-order valence-corrected chi connectivity index (χ1v) is 7.73. The molecule has 1 aromatic rings. The van der Waals surface area contributed by atoms with E-state index >= 15 is 0 Å². The van der Waals surface area contributed by atoms with Crippen molar-refractivity contribution in [2.24, 2.45) is 0 Å². The standard InChI is InChI=1S/C16H21FN2O2/c17-13-10-11(7-8-15(13)21-12-4-3-5-12)19-16(20)14-6-1-2-9-18-14/h7-8,10,12,14,18H,1-6,9H2,(H,19,20). The van der Waals surface area contributed by atoms with Gasteiger partial charge in [0.05, 0.1) is 12.1 Å². The number of amides is 1. The maximum absolute atomic E-state index is 14.0. The minimum Gasteiger partial charge on any atom is -0.487 e. The van der Waals surface area contributed by atoms with Crippen LogP contribution in [-0.2, 0) is 4.79 Å². The summed E-state index contributed by atoms with van der Waals surface area (Å²) in [6.45, 7) is 0.862. The van der Waals surface area contributed by atoms with Crippen molar-refractivity contribution >= 4 is 11.6 Å². The molecule has 114 valence electrons. The second-order valence-corrected chi connectivity index (χ2v) is 5.81. The second kappa shape index (κ2) is 6.43. The van der Waals surface area contributed by atoms with Crippen molar-refractivity contribution in [1.82, 2.24) is 5.32 Å². The number of carbonyl (C=O) groups excluding carboxylic acids is 1. The summed E-state index contributed by atoms with van der Waals surface area (Å²) in [5.41, 5.74) is 0.478. The Balaban J connectivity index is 1.59.